The van der Waals surface area contributed by atoms with Crippen LogP contribution in [-0.4, -0.2) is 35.1 Å². The van der Waals surface area contributed by atoms with Gasteiger partial charge in [0.15, 0.2) is 0 Å². The molecule has 0 radical (unpaired) electrons. The number of hydrogen-bond acceptors (Lipinski definition) is 3. The largest absolute Gasteiger partial charge is 0.355 e. The minimum atomic E-state index is -0.496. The quantitative estimate of drug-likeness (QED) is 0.504. The van der Waals surface area contributed by atoms with E-state index in [-0.39, 0.29) is 17.6 Å². The summed E-state index contributed by atoms with van der Waals surface area (Å²) in [6, 6.07) is 13.0. The molecule has 2 aromatic rings. The summed E-state index contributed by atoms with van der Waals surface area (Å²) in [6.07, 6.45) is 0.556. The van der Waals surface area contributed by atoms with Crippen LogP contribution < -0.4 is 5.32 Å². The third kappa shape index (κ3) is 7.22. The molecule has 0 spiro atoms. The number of nitrogens with zero attached hydrogens (tertiary/aromatic N) is 1. The van der Waals surface area contributed by atoms with E-state index < -0.39 is 6.04 Å². The van der Waals surface area contributed by atoms with Crippen molar-refractivity contribution in [3.8, 4) is 0 Å². The summed E-state index contributed by atoms with van der Waals surface area (Å²) in [5.74, 6) is 0.745. The van der Waals surface area contributed by atoms with Gasteiger partial charge in [-0.2, -0.15) is 0 Å². The lowest BCUT2D eigenvalue weighted by atomic mass is 10.1. The van der Waals surface area contributed by atoms with E-state index in [1.165, 1.54) is 11.8 Å². The van der Waals surface area contributed by atoms with E-state index in [1.807, 2.05) is 57.2 Å². The third-order valence-corrected chi connectivity index (χ3v) is 6.42. The number of nitrogens with one attached hydrogen (secondary N) is 1. The lowest BCUT2D eigenvalue weighted by Gasteiger charge is -2.30. The van der Waals surface area contributed by atoms with Gasteiger partial charge in [0, 0.05) is 18.8 Å². The fourth-order valence-corrected chi connectivity index (χ4v) is 4.25. The normalized spacial score (nSPS) is 11.8. The predicted octanol–water partition coefficient (Wildman–Crippen LogP) is 5.48. The average Bonchev–Trinajstić information content (AvgIpc) is 2.72. The molecule has 0 saturated heterocycles. The summed E-state index contributed by atoms with van der Waals surface area (Å²) < 4.78 is 0. The Morgan fingerprint density at radius 1 is 1.03 bits per heavy atom. The van der Waals surface area contributed by atoms with Gasteiger partial charge < -0.3 is 10.2 Å². The monoisotopic (exact) mass is 466 g/mol. The molecule has 0 bridgehead atoms. The van der Waals surface area contributed by atoms with Crippen molar-refractivity contribution in [3.05, 3.63) is 69.2 Å². The zero-order valence-corrected chi connectivity index (χ0v) is 19.9. The molecular formula is C23H28Cl2N2O2S. The number of carbonyl (C=O) groups is 2. The van der Waals surface area contributed by atoms with Gasteiger partial charge in [0.1, 0.15) is 6.04 Å². The Kier molecular flexibility index (Phi) is 10.0. The van der Waals surface area contributed by atoms with Crippen molar-refractivity contribution >= 4 is 46.8 Å². The van der Waals surface area contributed by atoms with Crippen LogP contribution >= 0.6 is 35.0 Å². The number of aryl methyl sites for hydroxylation is 1. The number of likely N-dealkylation sites (N-methyl/N-ethyl adjacent to an activating group) is 1. The molecule has 2 aromatic carbocycles. The Bertz CT molecular complexity index is 859. The second-order valence-corrected chi connectivity index (χ2v) is 8.87. The van der Waals surface area contributed by atoms with E-state index >= 15 is 0 Å². The molecule has 7 heteroatoms. The van der Waals surface area contributed by atoms with Crippen molar-refractivity contribution in [2.24, 2.45) is 0 Å². The lowest BCUT2D eigenvalue weighted by Crippen LogP contribution is -2.49. The predicted molar refractivity (Wildman–Crippen MR) is 127 cm³/mol. The summed E-state index contributed by atoms with van der Waals surface area (Å²) in [5, 5.41) is 3.87. The molecule has 0 unspecified atom stereocenters. The van der Waals surface area contributed by atoms with Crippen molar-refractivity contribution in [2.75, 3.05) is 12.3 Å². The number of carbonyl (C=O) groups excluding carboxylic acids is 2. The minimum Gasteiger partial charge on any atom is -0.355 e. The first kappa shape index (κ1) is 24.6. The number of rotatable bonds is 10. The Morgan fingerprint density at radius 3 is 2.30 bits per heavy atom. The van der Waals surface area contributed by atoms with E-state index in [2.05, 4.69) is 5.32 Å². The van der Waals surface area contributed by atoms with Crippen LogP contribution in [0.1, 0.15) is 37.0 Å². The van der Waals surface area contributed by atoms with Crippen LogP contribution in [0, 0.1) is 6.92 Å². The maximum Gasteiger partial charge on any atom is 0.242 e. The molecule has 162 valence electrons. The summed E-state index contributed by atoms with van der Waals surface area (Å²) in [7, 11) is 0. The van der Waals surface area contributed by atoms with Crippen molar-refractivity contribution in [3.63, 3.8) is 0 Å². The van der Waals surface area contributed by atoms with Crippen LogP contribution in [0.4, 0.5) is 0 Å². The molecule has 0 saturated carbocycles. The van der Waals surface area contributed by atoms with Crippen molar-refractivity contribution in [1.29, 1.82) is 0 Å². The standard InChI is InChI=1S/C23H28Cl2N2O2S/c1-4-21(23(29)26-5-2)27(13-17-8-6-16(3)7-9-17)22(28)15-30-14-18-10-11-19(24)20(25)12-18/h6-12,21H,4-5,13-15H2,1-3H3,(H,26,29)/t21-/m0/s1. The van der Waals surface area contributed by atoms with Crippen LogP contribution in [-0.2, 0) is 21.9 Å². The molecule has 0 fully saturated rings. The molecule has 4 nitrogen and oxygen atoms in total. The first-order valence-electron chi connectivity index (χ1n) is 10.00. The molecule has 30 heavy (non-hydrogen) atoms. The van der Waals surface area contributed by atoms with Gasteiger partial charge in [-0.05, 0) is 43.5 Å². The zero-order valence-electron chi connectivity index (χ0n) is 17.6. The smallest absolute Gasteiger partial charge is 0.242 e. The van der Waals surface area contributed by atoms with E-state index in [0.717, 1.165) is 16.7 Å². The molecule has 0 aliphatic carbocycles. The zero-order chi connectivity index (χ0) is 22.1. The second-order valence-electron chi connectivity index (χ2n) is 7.07. The number of benzene rings is 2. The third-order valence-electron chi connectivity index (χ3n) is 4.69. The molecular weight excluding hydrogens is 439 g/mol. The van der Waals surface area contributed by atoms with Crippen molar-refractivity contribution in [1.82, 2.24) is 10.2 Å². The van der Waals surface area contributed by atoms with E-state index in [1.54, 1.807) is 11.0 Å². The molecule has 0 aliphatic heterocycles. The van der Waals surface area contributed by atoms with Gasteiger partial charge >= 0.3 is 0 Å². The Balaban J connectivity index is 2.10. The Morgan fingerprint density at radius 2 is 1.70 bits per heavy atom. The summed E-state index contributed by atoms with van der Waals surface area (Å²) in [4.78, 5) is 27.4. The van der Waals surface area contributed by atoms with Crippen LogP contribution in [0.5, 0.6) is 0 Å². The number of hydrogen-bond donors (Lipinski definition) is 1. The lowest BCUT2D eigenvalue weighted by molar-refractivity contribution is -0.139. The van der Waals surface area contributed by atoms with Crippen LogP contribution in [0.2, 0.25) is 10.0 Å². The SMILES string of the molecule is CCNC(=O)[C@H](CC)N(Cc1ccc(C)cc1)C(=O)CSCc1ccc(Cl)c(Cl)c1. The fourth-order valence-electron chi connectivity index (χ4n) is 3.07. The van der Waals surface area contributed by atoms with Gasteiger partial charge in [-0.3, -0.25) is 9.59 Å². The maximum atomic E-state index is 13.1. The topological polar surface area (TPSA) is 49.4 Å². The van der Waals surface area contributed by atoms with Crippen LogP contribution in [0.3, 0.4) is 0 Å². The minimum absolute atomic E-state index is 0.0567. The highest BCUT2D eigenvalue weighted by Gasteiger charge is 2.28. The van der Waals surface area contributed by atoms with Crippen LogP contribution in [0.25, 0.3) is 0 Å². The van der Waals surface area contributed by atoms with Gasteiger partial charge in [0.2, 0.25) is 11.8 Å². The molecule has 0 aromatic heterocycles. The van der Waals surface area contributed by atoms with Crippen molar-refractivity contribution < 1.29 is 9.59 Å². The highest BCUT2D eigenvalue weighted by molar-refractivity contribution is 7.99. The summed E-state index contributed by atoms with van der Waals surface area (Å²) in [6.45, 7) is 6.77. The summed E-state index contributed by atoms with van der Waals surface area (Å²) in [5.41, 5.74) is 3.17. The number of halogens is 2. The fraction of sp³-hybridized carbons (Fsp3) is 0.391. The number of amides is 2. The van der Waals surface area contributed by atoms with E-state index in [0.29, 0.717) is 35.3 Å². The molecule has 1 N–H and O–H groups in total. The molecule has 2 amide bonds. The van der Waals surface area contributed by atoms with Gasteiger partial charge in [-0.25, -0.2) is 0 Å². The highest BCUT2D eigenvalue weighted by atomic mass is 35.5. The van der Waals surface area contributed by atoms with E-state index in [9.17, 15) is 9.59 Å². The first-order valence-corrected chi connectivity index (χ1v) is 11.9. The molecule has 0 aliphatic rings. The van der Waals surface area contributed by atoms with Gasteiger partial charge in [0.05, 0.1) is 15.8 Å². The Hall–Kier alpha value is -1.69. The Labute approximate surface area is 193 Å². The van der Waals surface area contributed by atoms with Gasteiger partial charge in [0.25, 0.3) is 0 Å². The molecule has 1 atom stereocenters. The van der Waals surface area contributed by atoms with E-state index in [4.69, 9.17) is 23.2 Å². The van der Waals surface area contributed by atoms with Crippen molar-refractivity contribution in [2.45, 2.75) is 45.5 Å². The maximum absolute atomic E-state index is 13.1. The summed E-state index contributed by atoms with van der Waals surface area (Å²) >= 11 is 13.5. The number of thioether (sulfide) groups is 1. The van der Waals surface area contributed by atoms with Gasteiger partial charge in [-0.15, -0.1) is 11.8 Å². The molecule has 0 heterocycles. The average molecular weight is 467 g/mol. The first-order chi connectivity index (χ1) is 14.3. The van der Waals surface area contributed by atoms with Crippen LogP contribution in [0.15, 0.2) is 42.5 Å². The molecule has 2 rings (SSSR count). The second kappa shape index (κ2) is 12.2. The highest BCUT2D eigenvalue weighted by Crippen LogP contribution is 2.25. The van der Waals surface area contributed by atoms with Gasteiger partial charge in [-0.1, -0.05) is 66.0 Å².